The Balaban J connectivity index is 1.92. The molecule has 0 spiro atoms. The van der Waals surface area contributed by atoms with Crippen LogP contribution in [0.25, 0.3) is 5.70 Å². The Hall–Kier alpha value is -2.48. The van der Waals surface area contributed by atoms with Crippen LogP contribution in [-0.2, 0) is 11.8 Å². The van der Waals surface area contributed by atoms with Crippen LogP contribution in [0, 0.1) is 26.2 Å². The Morgan fingerprint density at radius 2 is 1.70 bits per heavy atom. The van der Waals surface area contributed by atoms with Crippen LogP contribution in [0.15, 0.2) is 41.4 Å². The molecule has 1 N–H and O–H groups in total. The molecule has 0 radical (unpaired) electrons. The summed E-state index contributed by atoms with van der Waals surface area (Å²) < 4.78 is 0. The molecule has 2 heteroatoms. The molecule has 0 unspecified atom stereocenters. The van der Waals surface area contributed by atoms with E-state index in [0.29, 0.717) is 5.71 Å². The first-order valence-electron chi connectivity index (χ1n) is 9.98. The van der Waals surface area contributed by atoms with Crippen LogP contribution in [0.5, 0.6) is 0 Å². The van der Waals surface area contributed by atoms with Crippen LogP contribution in [0.1, 0.15) is 65.1 Å². The van der Waals surface area contributed by atoms with Crippen molar-refractivity contribution < 1.29 is 0 Å². The number of allylic oxidation sites excluding steroid dienone is 1. The predicted octanol–water partition coefficient (Wildman–Crippen LogP) is 6.09. The number of nitrogens with zero attached hydrogens (tertiary/aromatic N) is 1. The summed E-state index contributed by atoms with van der Waals surface area (Å²) in [7, 11) is 0. The first kappa shape index (κ1) is 17.9. The van der Waals surface area contributed by atoms with Gasteiger partial charge in [0.15, 0.2) is 0 Å². The van der Waals surface area contributed by atoms with E-state index in [1.165, 1.54) is 27.8 Å². The van der Waals surface area contributed by atoms with Crippen molar-refractivity contribution in [2.24, 2.45) is 4.99 Å². The standard InChI is InChI=1S/C25H28N2/c1-5-25-7-6-19-11-18(4)14-21(24(19)25)22(26)15-23(27-9-8-25)20-12-16(2)10-17(3)13-20/h9-15,26H,5-8H2,1-4H3/b23-15-,26-22?,27-9-/t25-/m1/s1. The van der Waals surface area contributed by atoms with E-state index in [2.05, 4.69) is 64.2 Å². The fraction of sp³-hybridized carbons (Fsp3) is 0.360. The summed E-state index contributed by atoms with van der Waals surface area (Å²) in [5, 5.41) is 8.91. The highest BCUT2D eigenvalue weighted by Crippen LogP contribution is 2.46. The van der Waals surface area contributed by atoms with E-state index in [0.717, 1.165) is 42.5 Å². The van der Waals surface area contributed by atoms with Crippen LogP contribution >= 0.6 is 0 Å². The molecule has 2 nitrogen and oxygen atoms in total. The fourth-order valence-electron chi connectivity index (χ4n) is 4.95. The highest BCUT2D eigenvalue weighted by Gasteiger charge is 2.39. The zero-order chi connectivity index (χ0) is 19.2. The molecule has 2 aromatic carbocycles. The number of rotatable bonds is 2. The van der Waals surface area contributed by atoms with E-state index in [1.807, 2.05) is 6.08 Å². The molecule has 2 aromatic rings. The van der Waals surface area contributed by atoms with E-state index in [4.69, 9.17) is 10.4 Å². The Labute approximate surface area is 162 Å². The quantitative estimate of drug-likeness (QED) is 0.676. The van der Waals surface area contributed by atoms with Crippen molar-refractivity contribution in [3.8, 4) is 0 Å². The lowest BCUT2D eigenvalue weighted by Crippen LogP contribution is -2.25. The minimum Gasteiger partial charge on any atom is -0.300 e. The number of hydrogen-bond acceptors (Lipinski definition) is 2. The first-order valence-corrected chi connectivity index (χ1v) is 9.98. The van der Waals surface area contributed by atoms with Crippen LogP contribution in [0.4, 0.5) is 0 Å². The SMILES string of the molecule is CC[C@@]12C/C=N\C(c3cc(C)cc(C)c3)=C/C(=N)c3cc(C)cc(c31)CC2. The maximum absolute atomic E-state index is 8.91. The van der Waals surface area contributed by atoms with Crippen molar-refractivity contribution in [1.29, 1.82) is 5.41 Å². The molecule has 2 aliphatic rings. The van der Waals surface area contributed by atoms with Gasteiger partial charge in [-0.2, -0.15) is 0 Å². The number of aliphatic imine (C=N–C) groups is 1. The van der Waals surface area contributed by atoms with Gasteiger partial charge in [0.2, 0.25) is 0 Å². The zero-order valence-corrected chi connectivity index (χ0v) is 16.8. The van der Waals surface area contributed by atoms with Gasteiger partial charge in [-0.3, -0.25) is 4.99 Å². The van der Waals surface area contributed by atoms with Crippen molar-refractivity contribution in [1.82, 2.24) is 0 Å². The van der Waals surface area contributed by atoms with Crippen LogP contribution in [-0.4, -0.2) is 11.9 Å². The third kappa shape index (κ3) is 3.07. The van der Waals surface area contributed by atoms with Gasteiger partial charge in [-0.25, -0.2) is 0 Å². The maximum atomic E-state index is 8.91. The van der Waals surface area contributed by atoms with Gasteiger partial charge in [0.1, 0.15) is 0 Å². The number of benzene rings is 2. The average molecular weight is 357 g/mol. The molecule has 4 rings (SSSR count). The molecule has 0 bridgehead atoms. The number of aryl methyl sites for hydroxylation is 4. The number of hydrogen-bond donors (Lipinski definition) is 1. The summed E-state index contributed by atoms with van der Waals surface area (Å²) in [4.78, 5) is 4.86. The summed E-state index contributed by atoms with van der Waals surface area (Å²) in [6.45, 7) is 8.67. The minimum absolute atomic E-state index is 0.125. The van der Waals surface area contributed by atoms with E-state index < -0.39 is 0 Å². The molecular weight excluding hydrogens is 328 g/mol. The molecule has 0 fully saturated rings. The first-order chi connectivity index (χ1) is 12.9. The summed E-state index contributed by atoms with van der Waals surface area (Å²) in [5.41, 5.74) is 10.4. The Bertz CT molecular complexity index is 973. The highest BCUT2D eigenvalue weighted by molar-refractivity contribution is 6.12. The zero-order valence-electron chi connectivity index (χ0n) is 16.8. The highest BCUT2D eigenvalue weighted by atomic mass is 14.7. The van der Waals surface area contributed by atoms with Crippen LogP contribution in [0.2, 0.25) is 0 Å². The lowest BCUT2D eigenvalue weighted by molar-refractivity contribution is 0.427. The lowest BCUT2D eigenvalue weighted by atomic mass is 9.74. The van der Waals surface area contributed by atoms with Crippen molar-refractivity contribution in [3.05, 3.63) is 75.4 Å². The van der Waals surface area contributed by atoms with Gasteiger partial charge in [-0.05, 0) is 81.9 Å². The van der Waals surface area contributed by atoms with E-state index >= 15 is 0 Å². The van der Waals surface area contributed by atoms with Gasteiger partial charge < -0.3 is 5.41 Å². The third-order valence-corrected chi connectivity index (χ3v) is 6.25. The Kier molecular flexibility index (Phi) is 4.38. The molecule has 0 saturated heterocycles. The minimum atomic E-state index is 0.125. The molecular formula is C25H28N2. The van der Waals surface area contributed by atoms with E-state index in [9.17, 15) is 0 Å². The van der Waals surface area contributed by atoms with E-state index in [1.54, 1.807) is 0 Å². The second-order valence-electron chi connectivity index (χ2n) is 8.32. The maximum Gasteiger partial charge on any atom is 0.0719 e. The number of nitrogens with one attached hydrogen (secondary N) is 1. The molecule has 1 atom stereocenters. The summed E-state index contributed by atoms with van der Waals surface area (Å²) in [6, 6.07) is 11.1. The summed E-state index contributed by atoms with van der Waals surface area (Å²) in [5.74, 6) is 0. The molecule has 0 saturated carbocycles. The molecule has 0 amide bonds. The summed E-state index contributed by atoms with van der Waals surface area (Å²) in [6.07, 6.45) is 8.38. The molecule has 138 valence electrons. The van der Waals surface area contributed by atoms with Gasteiger partial charge >= 0.3 is 0 Å². The van der Waals surface area contributed by atoms with Crippen molar-refractivity contribution in [3.63, 3.8) is 0 Å². The smallest absolute Gasteiger partial charge is 0.0719 e. The van der Waals surface area contributed by atoms with Crippen LogP contribution < -0.4 is 0 Å². The average Bonchev–Trinajstić information content (AvgIpc) is 2.99. The van der Waals surface area contributed by atoms with Gasteiger partial charge in [0.25, 0.3) is 0 Å². The fourth-order valence-corrected chi connectivity index (χ4v) is 4.95. The van der Waals surface area contributed by atoms with Gasteiger partial charge in [-0.15, -0.1) is 0 Å². The molecule has 1 aliphatic carbocycles. The predicted molar refractivity (Wildman–Crippen MR) is 115 cm³/mol. The molecule has 27 heavy (non-hydrogen) atoms. The molecule has 0 aromatic heterocycles. The summed E-state index contributed by atoms with van der Waals surface area (Å²) >= 11 is 0. The second-order valence-corrected chi connectivity index (χ2v) is 8.32. The van der Waals surface area contributed by atoms with Gasteiger partial charge in [-0.1, -0.05) is 35.7 Å². The van der Waals surface area contributed by atoms with Crippen molar-refractivity contribution >= 4 is 17.6 Å². The third-order valence-electron chi connectivity index (χ3n) is 6.25. The molecule has 1 heterocycles. The Morgan fingerprint density at radius 1 is 1.00 bits per heavy atom. The normalized spacial score (nSPS) is 24.4. The van der Waals surface area contributed by atoms with Gasteiger partial charge in [0, 0.05) is 22.8 Å². The van der Waals surface area contributed by atoms with Crippen LogP contribution in [0.3, 0.4) is 0 Å². The van der Waals surface area contributed by atoms with Crippen molar-refractivity contribution in [2.45, 2.75) is 58.8 Å². The lowest BCUT2D eigenvalue weighted by Gasteiger charge is -2.29. The van der Waals surface area contributed by atoms with Gasteiger partial charge in [0.05, 0.1) is 11.4 Å². The topological polar surface area (TPSA) is 36.2 Å². The second kappa shape index (κ2) is 6.60. The Morgan fingerprint density at radius 3 is 2.41 bits per heavy atom. The largest absolute Gasteiger partial charge is 0.300 e. The monoisotopic (exact) mass is 356 g/mol. The molecule has 1 aliphatic heterocycles. The van der Waals surface area contributed by atoms with E-state index in [-0.39, 0.29) is 5.41 Å². The van der Waals surface area contributed by atoms with Crippen molar-refractivity contribution in [2.75, 3.05) is 0 Å².